The minimum absolute atomic E-state index is 0. The monoisotopic (exact) mass is 340 g/mol. The number of benzene rings is 1. The van der Waals surface area contributed by atoms with Crippen molar-refractivity contribution < 1.29 is 56.2 Å². The fraction of sp³-hybridized carbons (Fsp3) is 0.571. The molecule has 0 saturated carbocycles. The summed E-state index contributed by atoms with van der Waals surface area (Å²) in [5.74, 6) is 0.741. The van der Waals surface area contributed by atoms with Crippen LogP contribution in [0.15, 0.2) is 24.3 Å². The van der Waals surface area contributed by atoms with Crippen LogP contribution in [0.4, 0.5) is 0 Å². The molecular formula is C14H21NaO6S. The van der Waals surface area contributed by atoms with E-state index in [0.29, 0.717) is 6.61 Å². The van der Waals surface area contributed by atoms with Crippen molar-refractivity contribution in [3.8, 4) is 5.75 Å². The molecule has 0 aliphatic rings. The summed E-state index contributed by atoms with van der Waals surface area (Å²) < 4.78 is 45.0. The van der Waals surface area contributed by atoms with Gasteiger partial charge in [0.1, 0.15) is 12.4 Å². The standard InChI is InChI=1S/C14H22O6S.Na/c1-14(2,3)12-4-6-13(7-5-12)19-10-8-18-9-11-20-21(15,16)17;/h4-7H,8-11H2,1-3H3,(H,15,16,17);/q;+1/p-1. The number of hydrogen-bond acceptors (Lipinski definition) is 6. The van der Waals surface area contributed by atoms with Gasteiger partial charge in [0.2, 0.25) is 10.4 Å². The molecule has 0 unspecified atom stereocenters. The van der Waals surface area contributed by atoms with Gasteiger partial charge >= 0.3 is 29.6 Å². The molecule has 0 bridgehead atoms. The van der Waals surface area contributed by atoms with Crippen LogP contribution < -0.4 is 34.3 Å². The van der Waals surface area contributed by atoms with Gasteiger partial charge in [0, 0.05) is 0 Å². The second-order valence-electron chi connectivity index (χ2n) is 5.47. The van der Waals surface area contributed by atoms with E-state index in [2.05, 4.69) is 25.0 Å². The molecule has 120 valence electrons. The van der Waals surface area contributed by atoms with E-state index in [0.717, 1.165) is 5.75 Å². The van der Waals surface area contributed by atoms with Crippen LogP contribution in [0.3, 0.4) is 0 Å². The molecular weight excluding hydrogens is 319 g/mol. The van der Waals surface area contributed by atoms with E-state index in [9.17, 15) is 13.0 Å². The third-order valence-electron chi connectivity index (χ3n) is 2.67. The van der Waals surface area contributed by atoms with E-state index in [-0.39, 0.29) is 54.8 Å². The summed E-state index contributed by atoms with van der Waals surface area (Å²) in [5.41, 5.74) is 1.32. The van der Waals surface area contributed by atoms with E-state index >= 15 is 0 Å². The van der Waals surface area contributed by atoms with Crippen molar-refractivity contribution in [2.75, 3.05) is 26.4 Å². The molecule has 22 heavy (non-hydrogen) atoms. The van der Waals surface area contributed by atoms with Gasteiger partial charge in [-0.25, -0.2) is 8.42 Å². The molecule has 0 fully saturated rings. The number of hydrogen-bond donors (Lipinski definition) is 0. The Kier molecular flexibility index (Phi) is 9.80. The van der Waals surface area contributed by atoms with E-state index in [1.807, 2.05) is 24.3 Å². The molecule has 8 heteroatoms. The minimum atomic E-state index is -4.64. The van der Waals surface area contributed by atoms with E-state index in [1.54, 1.807) is 0 Å². The smallest absolute Gasteiger partial charge is 0.726 e. The van der Waals surface area contributed by atoms with Crippen LogP contribution in [0.5, 0.6) is 5.75 Å². The van der Waals surface area contributed by atoms with Crippen molar-refractivity contribution in [2.45, 2.75) is 26.2 Å². The van der Waals surface area contributed by atoms with Crippen LogP contribution in [0, 0.1) is 0 Å². The molecule has 0 atom stereocenters. The summed E-state index contributed by atoms with van der Waals surface area (Å²) in [6.45, 7) is 6.77. The molecule has 1 aromatic carbocycles. The molecule has 0 amide bonds. The second-order valence-corrected chi connectivity index (χ2v) is 6.52. The van der Waals surface area contributed by atoms with Gasteiger partial charge in [-0.3, -0.25) is 4.18 Å². The fourth-order valence-corrected chi connectivity index (χ4v) is 1.84. The van der Waals surface area contributed by atoms with E-state index in [4.69, 9.17) is 9.47 Å². The zero-order valence-corrected chi connectivity index (χ0v) is 16.3. The van der Waals surface area contributed by atoms with Gasteiger partial charge in [-0.1, -0.05) is 32.9 Å². The first-order chi connectivity index (χ1) is 9.68. The summed E-state index contributed by atoms with van der Waals surface area (Å²) in [5, 5.41) is 0. The summed E-state index contributed by atoms with van der Waals surface area (Å²) in [6, 6.07) is 7.83. The normalized spacial score (nSPS) is 11.8. The Bertz CT molecular complexity index is 521. The maximum Gasteiger partial charge on any atom is 1.00 e. The SMILES string of the molecule is CC(C)(C)c1ccc(OCCOCCOS(=O)(=O)[O-])cc1.[Na+]. The zero-order valence-electron chi connectivity index (χ0n) is 13.5. The summed E-state index contributed by atoms with van der Waals surface area (Å²) >= 11 is 0. The van der Waals surface area contributed by atoms with E-state index < -0.39 is 10.4 Å². The van der Waals surface area contributed by atoms with Crippen molar-refractivity contribution in [3.63, 3.8) is 0 Å². The van der Waals surface area contributed by atoms with Crippen molar-refractivity contribution >= 4 is 10.4 Å². The third kappa shape index (κ3) is 9.78. The molecule has 0 aliphatic heterocycles. The zero-order chi connectivity index (χ0) is 15.9. The summed E-state index contributed by atoms with van der Waals surface area (Å²) in [4.78, 5) is 0. The van der Waals surface area contributed by atoms with Crippen LogP contribution >= 0.6 is 0 Å². The Balaban J connectivity index is 0.00000441. The molecule has 0 saturated heterocycles. The Hall–Kier alpha value is -0.150. The number of rotatable bonds is 8. The molecule has 0 heterocycles. The fourth-order valence-electron chi connectivity index (χ4n) is 1.57. The third-order valence-corrected chi connectivity index (χ3v) is 3.13. The topological polar surface area (TPSA) is 84.9 Å². The number of ether oxygens (including phenoxy) is 2. The quantitative estimate of drug-likeness (QED) is 0.257. The van der Waals surface area contributed by atoms with Crippen LogP contribution in [0.2, 0.25) is 0 Å². The summed E-state index contributed by atoms with van der Waals surface area (Å²) in [7, 11) is -4.64. The maximum absolute atomic E-state index is 10.1. The first kappa shape index (κ1) is 21.9. The van der Waals surface area contributed by atoms with Gasteiger partial charge in [0.05, 0.1) is 19.8 Å². The van der Waals surface area contributed by atoms with E-state index in [1.165, 1.54) is 5.56 Å². The van der Waals surface area contributed by atoms with Gasteiger partial charge < -0.3 is 14.0 Å². The van der Waals surface area contributed by atoms with Gasteiger partial charge in [0.15, 0.2) is 0 Å². The molecule has 0 radical (unpaired) electrons. The van der Waals surface area contributed by atoms with Crippen LogP contribution in [-0.2, 0) is 24.7 Å². The van der Waals surface area contributed by atoms with Gasteiger partial charge in [-0.05, 0) is 23.1 Å². The Morgan fingerprint density at radius 1 is 1.00 bits per heavy atom. The first-order valence-corrected chi connectivity index (χ1v) is 7.93. The Morgan fingerprint density at radius 3 is 2.05 bits per heavy atom. The van der Waals surface area contributed by atoms with Crippen LogP contribution in [-0.4, -0.2) is 39.4 Å². The van der Waals surface area contributed by atoms with Crippen LogP contribution in [0.1, 0.15) is 26.3 Å². The largest absolute Gasteiger partial charge is 1.00 e. The molecule has 1 aromatic rings. The minimum Gasteiger partial charge on any atom is -0.726 e. The molecule has 6 nitrogen and oxygen atoms in total. The molecule has 0 spiro atoms. The van der Waals surface area contributed by atoms with Crippen LogP contribution in [0.25, 0.3) is 0 Å². The van der Waals surface area contributed by atoms with Gasteiger partial charge in [-0.2, -0.15) is 0 Å². The van der Waals surface area contributed by atoms with Crippen molar-refractivity contribution in [3.05, 3.63) is 29.8 Å². The molecule has 0 aromatic heterocycles. The van der Waals surface area contributed by atoms with Crippen molar-refractivity contribution in [2.24, 2.45) is 0 Å². The second kappa shape index (κ2) is 9.87. The average molecular weight is 340 g/mol. The Morgan fingerprint density at radius 2 is 1.55 bits per heavy atom. The maximum atomic E-state index is 10.1. The predicted octanol–water partition coefficient (Wildman–Crippen LogP) is -1.14. The predicted molar refractivity (Wildman–Crippen MR) is 77.1 cm³/mol. The van der Waals surface area contributed by atoms with Crippen molar-refractivity contribution in [1.29, 1.82) is 0 Å². The van der Waals surface area contributed by atoms with Gasteiger partial charge in [0.25, 0.3) is 0 Å². The molecule has 0 aliphatic carbocycles. The Labute approximate surface area is 154 Å². The summed E-state index contributed by atoms with van der Waals surface area (Å²) in [6.07, 6.45) is 0. The van der Waals surface area contributed by atoms with Gasteiger partial charge in [-0.15, -0.1) is 0 Å². The molecule has 0 N–H and O–H groups in total. The van der Waals surface area contributed by atoms with Crippen molar-refractivity contribution in [1.82, 2.24) is 0 Å². The average Bonchev–Trinajstić information content (AvgIpc) is 2.36. The first-order valence-electron chi connectivity index (χ1n) is 6.60. The molecule has 1 rings (SSSR count).